The molecule has 136 valence electrons. The summed E-state index contributed by atoms with van der Waals surface area (Å²) in [7, 11) is 0. The van der Waals surface area contributed by atoms with Gasteiger partial charge >= 0.3 is 6.03 Å². The second-order valence-electron chi connectivity index (χ2n) is 6.95. The summed E-state index contributed by atoms with van der Waals surface area (Å²) in [5, 5.41) is 2.97. The standard InChI is InChI=1S/C17H29N3O4/c21-16(19-7-10-23-11-8-19)12-14-3-5-20(6-4-14)17(22)18-13-15-2-1-9-24-15/h14-15H,1-13H2,(H,18,22). The Hall–Kier alpha value is -1.34. The fraction of sp³-hybridized carbons (Fsp3) is 0.882. The van der Waals surface area contributed by atoms with Crippen LogP contribution in [0, 0.1) is 5.92 Å². The molecule has 1 atom stereocenters. The highest BCUT2D eigenvalue weighted by molar-refractivity contribution is 5.77. The molecule has 3 rings (SSSR count). The number of amides is 3. The monoisotopic (exact) mass is 339 g/mol. The summed E-state index contributed by atoms with van der Waals surface area (Å²) in [6, 6.07) is 0.00320. The molecule has 0 aromatic heterocycles. The van der Waals surface area contributed by atoms with Gasteiger partial charge in [0.15, 0.2) is 0 Å². The van der Waals surface area contributed by atoms with Crippen molar-refractivity contribution in [1.29, 1.82) is 0 Å². The Morgan fingerprint density at radius 3 is 2.38 bits per heavy atom. The van der Waals surface area contributed by atoms with E-state index in [1.54, 1.807) is 0 Å². The van der Waals surface area contributed by atoms with Crippen LogP contribution in [0.2, 0.25) is 0 Å². The molecule has 0 bridgehead atoms. The molecule has 0 aromatic rings. The fourth-order valence-corrected chi connectivity index (χ4v) is 3.65. The lowest BCUT2D eigenvalue weighted by molar-refractivity contribution is -0.136. The highest BCUT2D eigenvalue weighted by atomic mass is 16.5. The predicted octanol–water partition coefficient (Wildman–Crippen LogP) is 0.836. The number of hydrogen-bond donors (Lipinski definition) is 1. The zero-order chi connectivity index (χ0) is 16.8. The second-order valence-corrected chi connectivity index (χ2v) is 6.95. The second kappa shape index (κ2) is 8.67. The molecule has 3 aliphatic rings. The highest BCUT2D eigenvalue weighted by Crippen LogP contribution is 2.22. The molecular formula is C17H29N3O4. The number of likely N-dealkylation sites (tertiary alicyclic amines) is 1. The number of rotatable bonds is 4. The largest absolute Gasteiger partial charge is 0.378 e. The summed E-state index contributed by atoms with van der Waals surface area (Å²) in [5.41, 5.74) is 0. The number of morpholine rings is 1. The van der Waals surface area contributed by atoms with Gasteiger partial charge in [-0.3, -0.25) is 4.79 Å². The average Bonchev–Trinajstić information content (AvgIpc) is 3.14. The lowest BCUT2D eigenvalue weighted by Gasteiger charge is -2.33. The van der Waals surface area contributed by atoms with Crippen molar-refractivity contribution >= 4 is 11.9 Å². The maximum atomic E-state index is 12.3. The Balaban J connectivity index is 1.34. The summed E-state index contributed by atoms with van der Waals surface area (Å²) in [4.78, 5) is 28.3. The van der Waals surface area contributed by atoms with Crippen molar-refractivity contribution in [2.24, 2.45) is 5.92 Å². The zero-order valence-corrected chi connectivity index (χ0v) is 14.4. The van der Waals surface area contributed by atoms with E-state index in [9.17, 15) is 9.59 Å². The van der Waals surface area contributed by atoms with Gasteiger partial charge in [-0.2, -0.15) is 0 Å². The molecule has 1 unspecified atom stereocenters. The number of ether oxygens (including phenoxy) is 2. The summed E-state index contributed by atoms with van der Waals surface area (Å²) in [5.74, 6) is 0.627. The number of nitrogens with zero attached hydrogens (tertiary/aromatic N) is 2. The first-order valence-electron chi connectivity index (χ1n) is 9.22. The van der Waals surface area contributed by atoms with E-state index < -0.39 is 0 Å². The van der Waals surface area contributed by atoms with Crippen LogP contribution in [0.4, 0.5) is 4.79 Å². The van der Waals surface area contributed by atoms with Crippen LogP contribution in [0.15, 0.2) is 0 Å². The molecule has 3 amide bonds. The van der Waals surface area contributed by atoms with E-state index in [1.165, 1.54) is 0 Å². The smallest absolute Gasteiger partial charge is 0.317 e. The van der Waals surface area contributed by atoms with Gasteiger partial charge in [-0.15, -0.1) is 0 Å². The number of carbonyl (C=O) groups is 2. The van der Waals surface area contributed by atoms with E-state index >= 15 is 0 Å². The molecule has 7 nitrogen and oxygen atoms in total. The Labute approximate surface area is 143 Å². The number of nitrogens with one attached hydrogen (secondary N) is 1. The van der Waals surface area contributed by atoms with Crippen LogP contribution in [0.1, 0.15) is 32.1 Å². The van der Waals surface area contributed by atoms with Crippen LogP contribution in [-0.2, 0) is 14.3 Å². The molecule has 3 aliphatic heterocycles. The molecule has 0 saturated carbocycles. The molecule has 0 spiro atoms. The third kappa shape index (κ3) is 4.83. The van der Waals surface area contributed by atoms with Crippen molar-refractivity contribution < 1.29 is 19.1 Å². The van der Waals surface area contributed by atoms with E-state index in [2.05, 4.69) is 5.32 Å². The van der Waals surface area contributed by atoms with E-state index in [-0.39, 0.29) is 18.0 Å². The van der Waals surface area contributed by atoms with Crippen molar-refractivity contribution in [2.45, 2.75) is 38.2 Å². The lowest BCUT2D eigenvalue weighted by Crippen LogP contribution is -2.47. The summed E-state index contributed by atoms with van der Waals surface area (Å²) in [6.45, 7) is 5.60. The summed E-state index contributed by atoms with van der Waals surface area (Å²) < 4.78 is 10.8. The van der Waals surface area contributed by atoms with Gasteiger partial charge in [-0.25, -0.2) is 4.79 Å². The summed E-state index contributed by atoms with van der Waals surface area (Å²) >= 11 is 0. The van der Waals surface area contributed by atoms with E-state index in [4.69, 9.17) is 9.47 Å². The Morgan fingerprint density at radius 2 is 1.71 bits per heavy atom. The molecule has 24 heavy (non-hydrogen) atoms. The van der Waals surface area contributed by atoms with Crippen molar-refractivity contribution in [1.82, 2.24) is 15.1 Å². The zero-order valence-electron chi connectivity index (χ0n) is 14.4. The Morgan fingerprint density at radius 1 is 0.958 bits per heavy atom. The fourth-order valence-electron chi connectivity index (χ4n) is 3.65. The van der Waals surface area contributed by atoms with Crippen molar-refractivity contribution in [2.75, 3.05) is 52.5 Å². The molecule has 0 aliphatic carbocycles. The first-order valence-corrected chi connectivity index (χ1v) is 9.22. The van der Waals surface area contributed by atoms with Crippen molar-refractivity contribution in [3.05, 3.63) is 0 Å². The van der Waals surface area contributed by atoms with Gasteiger partial charge in [0.05, 0.1) is 19.3 Å². The SMILES string of the molecule is O=C(CC1CCN(C(=O)NCC2CCCO2)CC1)N1CCOCC1. The van der Waals surface area contributed by atoms with E-state index in [0.717, 1.165) is 45.4 Å². The minimum atomic E-state index is 0.00320. The van der Waals surface area contributed by atoms with Crippen LogP contribution >= 0.6 is 0 Å². The van der Waals surface area contributed by atoms with Gasteiger partial charge in [0.2, 0.25) is 5.91 Å². The minimum absolute atomic E-state index is 0.00320. The van der Waals surface area contributed by atoms with Gasteiger partial charge in [-0.1, -0.05) is 0 Å². The van der Waals surface area contributed by atoms with E-state index in [1.807, 2.05) is 9.80 Å². The first-order chi connectivity index (χ1) is 11.7. The molecule has 3 fully saturated rings. The lowest BCUT2D eigenvalue weighted by atomic mass is 9.93. The minimum Gasteiger partial charge on any atom is -0.378 e. The highest BCUT2D eigenvalue weighted by Gasteiger charge is 2.27. The maximum Gasteiger partial charge on any atom is 0.317 e. The number of carbonyl (C=O) groups excluding carboxylic acids is 2. The molecule has 0 aromatic carbocycles. The maximum absolute atomic E-state index is 12.3. The van der Waals surface area contributed by atoms with Crippen LogP contribution in [-0.4, -0.2) is 80.4 Å². The normalized spacial score (nSPS) is 25.8. The van der Waals surface area contributed by atoms with Crippen LogP contribution in [0.5, 0.6) is 0 Å². The number of hydrogen-bond acceptors (Lipinski definition) is 4. The van der Waals surface area contributed by atoms with Crippen molar-refractivity contribution in [3.8, 4) is 0 Å². The van der Waals surface area contributed by atoms with Gasteiger partial charge < -0.3 is 24.6 Å². The van der Waals surface area contributed by atoms with Crippen LogP contribution in [0.25, 0.3) is 0 Å². The molecule has 7 heteroatoms. The molecule has 3 saturated heterocycles. The quantitative estimate of drug-likeness (QED) is 0.824. The van der Waals surface area contributed by atoms with Crippen LogP contribution < -0.4 is 5.32 Å². The summed E-state index contributed by atoms with van der Waals surface area (Å²) in [6.07, 6.45) is 4.71. The number of urea groups is 1. The van der Waals surface area contributed by atoms with Gasteiger partial charge in [0, 0.05) is 45.8 Å². The van der Waals surface area contributed by atoms with Crippen LogP contribution in [0.3, 0.4) is 0 Å². The molecular weight excluding hydrogens is 310 g/mol. The Bertz CT molecular complexity index is 426. The van der Waals surface area contributed by atoms with Gasteiger partial charge in [-0.05, 0) is 31.6 Å². The van der Waals surface area contributed by atoms with Crippen molar-refractivity contribution in [3.63, 3.8) is 0 Å². The predicted molar refractivity (Wildman–Crippen MR) is 88.7 cm³/mol. The third-order valence-corrected chi connectivity index (χ3v) is 5.23. The molecule has 0 radical (unpaired) electrons. The molecule has 1 N–H and O–H groups in total. The number of piperidine rings is 1. The topological polar surface area (TPSA) is 71.1 Å². The first kappa shape index (κ1) is 17.5. The molecule has 3 heterocycles. The average molecular weight is 339 g/mol. The van der Waals surface area contributed by atoms with E-state index in [0.29, 0.717) is 45.2 Å². The Kier molecular flexibility index (Phi) is 6.31. The van der Waals surface area contributed by atoms with Gasteiger partial charge in [0.1, 0.15) is 0 Å². The third-order valence-electron chi connectivity index (χ3n) is 5.23. The van der Waals surface area contributed by atoms with Gasteiger partial charge in [0.25, 0.3) is 0 Å².